The summed E-state index contributed by atoms with van der Waals surface area (Å²) in [5.41, 5.74) is 1.32. The van der Waals surface area contributed by atoms with Gasteiger partial charge in [0, 0.05) is 15.0 Å². The third-order valence-corrected chi connectivity index (χ3v) is 5.86. The SMILES string of the molecule is COc1ccc(NC(=O)C2CSCN2C(=O)c2ccccc2I)cc1. The number of ether oxygens (including phenoxy) is 1. The number of halogens is 1. The Kier molecular flexibility index (Phi) is 5.85. The number of thioether (sulfide) groups is 1. The minimum absolute atomic E-state index is 0.107. The van der Waals surface area contributed by atoms with Gasteiger partial charge in [-0.15, -0.1) is 11.8 Å². The maximum atomic E-state index is 12.8. The van der Waals surface area contributed by atoms with Gasteiger partial charge in [0.1, 0.15) is 11.8 Å². The van der Waals surface area contributed by atoms with Crippen LogP contribution in [0.3, 0.4) is 0 Å². The maximum Gasteiger partial charge on any atom is 0.256 e. The van der Waals surface area contributed by atoms with E-state index in [0.29, 0.717) is 22.9 Å². The van der Waals surface area contributed by atoms with Gasteiger partial charge in [0.2, 0.25) is 5.91 Å². The van der Waals surface area contributed by atoms with E-state index in [1.54, 1.807) is 54.1 Å². The summed E-state index contributed by atoms with van der Waals surface area (Å²) in [5, 5.41) is 2.88. The van der Waals surface area contributed by atoms with Crippen molar-refractivity contribution in [3.8, 4) is 5.75 Å². The molecule has 3 rings (SSSR count). The highest BCUT2D eigenvalue weighted by Gasteiger charge is 2.35. The van der Waals surface area contributed by atoms with Crippen molar-refractivity contribution in [1.29, 1.82) is 0 Å². The molecule has 130 valence electrons. The zero-order valence-corrected chi connectivity index (χ0v) is 16.5. The second-order valence-corrected chi connectivity index (χ2v) is 7.65. The lowest BCUT2D eigenvalue weighted by atomic mass is 10.1. The molecule has 0 saturated carbocycles. The third-order valence-electron chi connectivity index (χ3n) is 3.91. The van der Waals surface area contributed by atoms with Crippen molar-refractivity contribution in [2.24, 2.45) is 0 Å². The van der Waals surface area contributed by atoms with E-state index >= 15 is 0 Å². The predicted molar refractivity (Wildman–Crippen MR) is 108 cm³/mol. The first-order valence-corrected chi connectivity index (χ1v) is 9.91. The molecule has 7 heteroatoms. The summed E-state index contributed by atoms with van der Waals surface area (Å²) in [5.74, 6) is 1.56. The molecule has 2 aromatic carbocycles. The monoisotopic (exact) mass is 468 g/mol. The highest BCUT2D eigenvalue weighted by molar-refractivity contribution is 14.1. The second-order valence-electron chi connectivity index (χ2n) is 5.49. The number of nitrogens with one attached hydrogen (secondary N) is 1. The van der Waals surface area contributed by atoms with Gasteiger partial charge in [-0.2, -0.15) is 0 Å². The minimum atomic E-state index is -0.476. The number of anilines is 1. The van der Waals surface area contributed by atoms with E-state index in [1.807, 2.05) is 18.2 Å². The standard InChI is InChI=1S/C18H17IN2O3S/c1-24-13-8-6-12(7-9-13)20-17(22)16-10-25-11-21(16)18(23)14-4-2-3-5-15(14)19/h2-9,16H,10-11H2,1H3,(H,20,22). The van der Waals surface area contributed by atoms with Gasteiger partial charge in [0.05, 0.1) is 18.6 Å². The van der Waals surface area contributed by atoms with E-state index in [9.17, 15) is 9.59 Å². The Morgan fingerprint density at radius 2 is 1.92 bits per heavy atom. The smallest absolute Gasteiger partial charge is 0.256 e. The molecule has 1 N–H and O–H groups in total. The zero-order chi connectivity index (χ0) is 17.8. The average Bonchev–Trinajstić information content (AvgIpc) is 3.12. The molecule has 25 heavy (non-hydrogen) atoms. The van der Waals surface area contributed by atoms with Crippen molar-refractivity contribution in [3.05, 3.63) is 57.7 Å². The Balaban J connectivity index is 1.73. The van der Waals surface area contributed by atoms with E-state index < -0.39 is 6.04 Å². The van der Waals surface area contributed by atoms with E-state index in [2.05, 4.69) is 27.9 Å². The topological polar surface area (TPSA) is 58.6 Å². The lowest BCUT2D eigenvalue weighted by Gasteiger charge is -2.23. The maximum absolute atomic E-state index is 12.8. The molecule has 0 spiro atoms. The van der Waals surface area contributed by atoms with Crippen LogP contribution in [0.25, 0.3) is 0 Å². The zero-order valence-electron chi connectivity index (χ0n) is 13.6. The van der Waals surface area contributed by atoms with E-state index in [1.165, 1.54) is 0 Å². The van der Waals surface area contributed by atoms with E-state index in [4.69, 9.17) is 4.74 Å². The number of carbonyl (C=O) groups is 2. The Morgan fingerprint density at radius 3 is 2.60 bits per heavy atom. The largest absolute Gasteiger partial charge is 0.497 e. The summed E-state index contributed by atoms with van der Waals surface area (Å²) in [6.45, 7) is 0. The fourth-order valence-electron chi connectivity index (χ4n) is 2.55. The van der Waals surface area contributed by atoms with Crippen LogP contribution in [0.2, 0.25) is 0 Å². The fourth-order valence-corrected chi connectivity index (χ4v) is 4.32. The Morgan fingerprint density at radius 1 is 1.20 bits per heavy atom. The predicted octanol–water partition coefficient (Wildman–Crippen LogP) is 3.45. The van der Waals surface area contributed by atoms with Crippen LogP contribution in [0.1, 0.15) is 10.4 Å². The number of methoxy groups -OCH3 is 1. The van der Waals surface area contributed by atoms with Crippen LogP contribution < -0.4 is 10.1 Å². The summed E-state index contributed by atoms with van der Waals surface area (Å²) in [7, 11) is 1.60. The molecule has 0 radical (unpaired) electrons. The number of amides is 2. The van der Waals surface area contributed by atoms with Gasteiger partial charge in [0.15, 0.2) is 0 Å². The van der Waals surface area contributed by atoms with Crippen LogP contribution >= 0.6 is 34.4 Å². The first kappa shape index (κ1) is 18.1. The summed E-state index contributed by atoms with van der Waals surface area (Å²) < 4.78 is 6.00. The van der Waals surface area contributed by atoms with Crippen molar-refractivity contribution < 1.29 is 14.3 Å². The van der Waals surface area contributed by atoms with Gasteiger partial charge < -0.3 is 15.0 Å². The first-order chi connectivity index (χ1) is 12.1. The third kappa shape index (κ3) is 4.09. The molecule has 1 atom stereocenters. The summed E-state index contributed by atoms with van der Waals surface area (Å²) >= 11 is 3.73. The molecular weight excluding hydrogens is 451 g/mol. The highest BCUT2D eigenvalue weighted by atomic mass is 127. The molecule has 0 aromatic heterocycles. The van der Waals surface area contributed by atoms with Crippen LogP contribution in [-0.4, -0.2) is 41.5 Å². The van der Waals surface area contributed by atoms with Gasteiger partial charge in [0.25, 0.3) is 5.91 Å². The number of hydrogen-bond acceptors (Lipinski definition) is 4. The molecule has 1 unspecified atom stereocenters. The van der Waals surface area contributed by atoms with Crippen LogP contribution in [-0.2, 0) is 4.79 Å². The molecule has 5 nitrogen and oxygen atoms in total. The Labute approximate surface area is 164 Å². The number of nitrogens with zero attached hydrogens (tertiary/aromatic N) is 1. The second kappa shape index (κ2) is 8.09. The van der Waals surface area contributed by atoms with Crippen LogP contribution in [0, 0.1) is 3.57 Å². The van der Waals surface area contributed by atoms with Gasteiger partial charge >= 0.3 is 0 Å². The number of hydrogen-bond donors (Lipinski definition) is 1. The molecule has 1 saturated heterocycles. The van der Waals surface area contributed by atoms with E-state index in [0.717, 1.165) is 9.32 Å². The Bertz CT molecular complexity index is 782. The van der Waals surface area contributed by atoms with Crippen molar-refractivity contribution in [2.75, 3.05) is 24.1 Å². The van der Waals surface area contributed by atoms with E-state index in [-0.39, 0.29) is 11.8 Å². The lowest BCUT2D eigenvalue weighted by Crippen LogP contribution is -2.44. The molecule has 2 aromatic rings. The molecular formula is C18H17IN2O3S. The molecule has 0 bridgehead atoms. The summed E-state index contributed by atoms with van der Waals surface area (Å²) in [4.78, 5) is 27.1. The highest BCUT2D eigenvalue weighted by Crippen LogP contribution is 2.26. The number of carbonyl (C=O) groups excluding carboxylic acids is 2. The van der Waals surface area contributed by atoms with Crippen LogP contribution in [0.5, 0.6) is 5.75 Å². The molecule has 2 amide bonds. The van der Waals surface area contributed by atoms with Crippen molar-refractivity contribution >= 4 is 51.9 Å². The quantitative estimate of drug-likeness (QED) is 0.699. The first-order valence-electron chi connectivity index (χ1n) is 7.68. The summed E-state index contributed by atoms with van der Waals surface area (Å²) in [6, 6.07) is 14.1. The molecule has 1 fully saturated rings. The normalized spacial score (nSPS) is 16.6. The van der Waals surface area contributed by atoms with Gasteiger partial charge in [-0.25, -0.2) is 0 Å². The number of benzene rings is 2. The van der Waals surface area contributed by atoms with Gasteiger partial charge in [-0.1, -0.05) is 12.1 Å². The van der Waals surface area contributed by atoms with Crippen molar-refractivity contribution in [1.82, 2.24) is 4.90 Å². The van der Waals surface area contributed by atoms with Gasteiger partial charge in [-0.05, 0) is 59.0 Å². The van der Waals surface area contributed by atoms with Crippen LogP contribution in [0.15, 0.2) is 48.5 Å². The lowest BCUT2D eigenvalue weighted by molar-refractivity contribution is -0.119. The molecule has 1 aliphatic rings. The molecule has 1 aliphatic heterocycles. The van der Waals surface area contributed by atoms with Crippen molar-refractivity contribution in [2.45, 2.75) is 6.04 Å². The Hall–Kier alpha value is -1.74. The molecule has 0 aliphatic carbocycles. The number of rotatable bonds is 4. The average molecular weight is 468 g/mol. The van der Waals surface area contributed by atoms with Crippen molar-refractivity contribution in [3.63, 3.8) is 0 Å². The minimum Gasteiger partial charge on any atom is -0.497 e. The fraction of sp³-hybridized carbons (Fsp3) is 0.222. The molecule has 1 heterocycles. The summed E-state index contributed by atoms with van der Waals surface area (Å²) in [6.07, 6.45) is 0. The van der Waals surface area contributed by atoms with Gasteiger partial charge in [-0.3, -0.25) is 9.59 Å². The van der Waals surface area contributed by atoms with Crippen LogP contribution in [0.4, 0.5) is 5.69 Å².